The Hall–Kier alpha value is -1.38. The van der Waals surface area contributed by atoms with E-state index >= 15 is 4.39 Å². The predicted molar refractivity (Wildman–Crippen MR) is 144 cm³/mol. The molecule has 0 aliphatic heterocycles. The molecule has 202 valence electrons. The minimum atomic E-state index is -1.12. The summed E-state index contributed by atoms with van der Waals surface area (Å²) in [5.41, 5.74) is 2.02. The average molecular weight is 498 g/mol. The number of carboxylic acids is 1. The van der Waals surface area contributed by atoms with Crippen molar-refractivity contribution in [3.8, 4) is 0 Å². The molecule has 1 aromatic rings. The maximum Gasteiger partial charge on any atom is 0.111 e. The summed E-state index contributed by atoms with van der Waals surface area (Å²) in [5.74, 6) is 1.32. The van der Waals surface area contributed by atoms with Crippen LogP contribution in [0.2, 0.25) is 0 Å². The van der Waals surface area contributed by atoms with E-state index in [0.717, 1.165) is 24.7 Å². The van der Waals surface area contributed by atoms with Gasteiger partial charge in [0.1, 0.15) is 6.17 Å². The van der Waals surface area contributed by atoms with Crippen LogP contribution in [-0.2, 0) is 10.2 Å². The second kappa shape index (κ2) is 12.4. The average Bonchev–Trinajstić information content (AvgIpc) is 2.90. The molecule has 4 rings (SSSR count). The van der Waals surface area contributed by atoms with Crippen LogP contribution >= 0.6 is 0 Å². The Balaban J connectivity index is 1.64. The number of rotatable bonds is 9. The second-order valence-electron chi connectivity index (χ2n) is 12.7. The lowest BCUT2D eigenvalue weighted by Crippen LogP contribution is -2.52. The molecular formula is C33H50FO2-. The van der Waals surface area contributed by atoms with Gasteiger partial charge >= 0.3 is 0 Å². The van der Waals surface area contributed by atoms with Gasteiger partial charge in [0.25, 0.3) is 0 Å². The van der Waals surface area contributed by atoms with Gasteiger partial charge in [-0.2, -0.15) is 0 Å². The van der Waals surface area contributed by atoms with Crippen molar-refractivity contribution in [2.45, 2.75) is 135 Å². The number of carboxylic acid groups (broad SMARTS) is 1. The first-order valence-electron chi connectivity index (χ1n) is 15.3. The highest BCUT2D eigenvalue weighted by Gasteiger charge is 2.52. The van der Waals surface area contributed by atoms with E-state index < -0.39 is 23.5 Å². The topological polar surface area (TPSA) is 40.1 Å². The zero-order chi connectivity index (χ0) is 25.7. The van der Waals surface area contributed by atoms with Crippen molar-refractivity contribution in [3.05, 3.63) is 35.4 Å². The summed E-state index contributed by atoms with van der Waals surface area (Å²) >= 11 is 0. The van der Waals surface area contributed by atoms with Crippen LogP contribution in [0.25, 0.3) is 0 Å². The molecule has 0 amide bonds. The SMILES string of the molecule is CCCC1CCC(C(C)c2ccccc2C2(C3CCC(CCC)CC3)CCC(C(=O)[O-])CC2F)CC1. The lowest BCUT2D eigenvalue weighted by atomic mass is 9.54. The first-order chi connectivity index (χ1) is 17.4. The predicted octanol–water partition coefficient (Wildman–Crippen LogP) is 8.13. The van der Waals surface area contributed by atoms with E-state index in [1.165, 1.54) is 75.3 Å². The molecule has 4 unspecified atom stereocenters. The molecule has 0 N–H and O–H groups in total. The van der Waals surface area contributed by atoms with Crippen LogP contribution in [0.4, 0.5) is 4.39 Å². The van der Waals surface area contributed by atoms with Crippen LogP contribution in [0.5, 0.6) is 0 Å². The number of halogens is 1. The van der Waals surface area contributed by atoms with Gasteiger partial charge in [0.05, 0.1) is 0 Å². The van der Waals surface area contributed by atoms with Crippen LogP contribution in [0.15, 0.2) is 24.3 Å². The second-order valence-corrected chi connectivity index (χ2v) is 12.7. The van der Waals surface area contributed by atoms with E-state index in [1.54, 1.807) is 0 Å². The third kappa shape index (κ3) is 5.70. The molecule has 1 aromatic carbocycles. The fraction of sp³-hybridized carbons (Fsp3) is 0.788. The van der Waals surface area contributed by atoms with Gasteiger partial charge < -0.3 is 9.90 Å². The summed E-state index contributed by atoms with van der Waals surface area (Å²) in [4.78, 5) is 11.7. The van der Waals surface area contributed by atoms with Gasteiger partial charge in [0.15, 0.2) is 0 Å². The van der Waals surface area contributed by atoms with Crippen LogP contribution < -0.4 is 5.11 Å². The molecule has 2 nitrogen and oxygen atoms in total. The summed E-state index contributed by atoms with van der Waals surface area (Å²) in [5, 5.41) is 11.7. The summed E-state index contributed by atoms with van der Waals surface area (Å²) in [6, 6.07) is 8.74. The number of hydrogen-bond donors (Lipinski definition) is 0. The van der Waals surface area contributed by atoms with Gasteiger partial charge in [0.2, 0.25) is 0 Å². The molecule has 36 heavy (non-hydrogen) atoms. The summed E-state index contributed by atoms with van der Waals surface area (Å²) < 4.78 is 16.6. The quantitative estimate of drug-likeness (QED) is 0.345. The highest BCUT2D eigenvalue weighted by Crippen LogP contribution is 2.55. The van der Waals surface area contributed by atoms with Crippen LogP contribution in [-0.4, -0.2) is 12.1 Å². The zero-order valence-electron chi connectivity index (χ0n) is 23.2. The molecule has 0 bridgehead atoms. The molecule has 3 fully saturated rings. The number of carbonyl (C=O) groups excluding carboxylic acids is 1. The number of hydrogen-bond acceptors (Lipinski definition) is 2. The van der Waals surface area contributed by atoms with Gasteiger partial charge in [-0.25, -0.2) is 4.39 Å². The molecule has 0 radical (unpaired) electrons. The van der Waals surface area contributed by atoms with Crippen molar-refractivity contribution in [2.75, 3.05) is 0 Å². The molecule has 0 aromatic heterocycles. The van der Waals surface area contributed by atoms with Gasteiger partial charge in [-0.05, 0) is 85.7 Å². The lowest BCUT2D eigenvalue weighted by Gasteiger charge is -2.51. The summed E-state index contributed by atoms with van der Waals surface area (Å²) in [7, 11) is 0. The Bertz CT molecular complexity index is 836. The largest absolute Gasteiger partial charge is 0.550 e. The minimum absolute atomic E-state index is 0.113. The number of aliphatic carboxylic acids is 1. The fourth-order valence-electron chi connectivity index (χ4n) is 8.68. The van der Waals surface area contributed by atoms with E-state index in [4.69, 9.17) is 0 Å². The monoisotopic (exact) mass is 497 g/mol. The molecule has 3 aliphatic carbocycles. The first kappa shape index (κ1) is 27.6. The maximum absolute atomic E-state index is 16.6. The molecule has 3 aliphatic rings. The Labute approximate surface area is 219 Å². The van der Waals surface area contributed by atoms with E-state index in [2.05, 4.69) is 45.0 Å². The maximum atomic E-state index is 16.6. The summed E-state index contributed by atoms with van der Waals surface area (Å²) in [6.07, 6.45) is 15.1. The first-order valence-corrected chi connectivity index (χ1v) is 15.3. The van der Waals surface area contributed by atoms with Crippen molar-refractivity contribution in [2.24, 2.45) is 29.6 Å². The van der Waals surface area contributed by atoms with Gasteiger partial charge in [-0.3, -0.25) is 0 Å². The van der Waals surface area contributed by atoms with Crippen molar-refractivity contribution >= 4 is 5.97 Å². The third-order valence-corrected chi connectivity index (χ3v) is 10.8. The highest BCUT2D eigenvalue weighted by atomic mass is 19.1. The molecule has 3 heteroatoms. The third-order valence-electron chi connectivity index (χ3n) is 10.8. The lowest BCUT2D eigenvalue weighted by molar-refractivity contribution is -0.313. The van der Waals surface area contributed by atoms with Crippen LogP contribution in [0, 0.1) is 29.6 Å². The Morgan fingerprint density at radius 3 is 2.08 bits per heavy atom. The minimum Gasteiger partial charge on any atom is -0.550 e. The van der Waals surface area contributed by atoms with E-state index in [1.807, 2.05) is 0 Å². The molecule has 0 heterocycles. The van der Waals surface area contributed by atoms with Crippen molar-refractivity contribution in [1.82, 2.24) is 0 Å². The van der Waals surface area contributed by atoms with Crippen molar-refractivity contribution in [3.63, 3.8) is 0 Å². The van der Waals surface area contributed by atoms with E-state index in [-0.39, 0.29) is 6.42 Å². The standard InChI is InChI=1S/C33H51FO2/c1-4-8-24-12-16-26(17-13-24)23(3)29-10-6-7-11-30(29)33(21-20-27(32(35)36)22-31(33)34)28-18-14-25(9-5-2)15-19-28/h6-7,10-11,23-28,31H,4-5,8-9,12-22H2,1-3H3,(H,35,36)/p-1. The van der Waals surface area contributed by atoms with Gasteiger partial charge in [0, 0.05) is 17.3 Å². The van der Waals surface area contributed by atoms with E-state index in [0.29, 0.717) is 30.6 Å². The molecule has 0 saturated heterocycles. The van der Waals surface area contributed by atoms with E-state index in [9.17, 15) is 9.90 Å². The molecule has 3 saturated carbocycles. The Morgan fingerprint density at radius 2 is 1.53 bits per heavy atom. The normalized spacial score (nSPS) is 36.3. The smallest absolute Gasteiger partial charge is 0.111 e. The molecule has 0 spiro atoms. The van der Waals surface area contributed by atoms with Crippen LogP contribution in [0.1, 0.15) is 134 Å². The zero-order valence-corrected chi connectivity index (χ0v) is 23.2. The number of alkyl halides is 1. The Kier molecular flexibility index (Phi) is 9.56. The van der Waals surface area contributed by atoms with Crippen molar-refractivity contribution < 1.29 is 14.3 Å². The number of carbonyl (C=O) groups is 1. The van der Waals surface area contributed by atoms with Crippen LogP contribution in [0.3, 0.4) is 0 Å². The molecule has 4 atom stereocenters. The Morgan fingerprint density at radius 1 is 0.944 bits per heavy atom. The van der Waals surface area contributed by atoms with Crippen molar-refractivity contribution in [1.29, 1.82) is 0 Å². The number of benzene rings is 1. The summed E-state index contributed by atoms with van der Waals surface area (Å²) in [6.45, 7) is 6.94. The van der Waals surface area contributed by atoms with Gasteiger partial charge in [-0.15, -0.1) is 0 Å². The van der Waals surface area contributed by atoms with Gasteiger partial charge in [-0.1, -0.05) is 96.4 Å². The molecular weight excluding hydrogens is 447 g/mol. The fourth-order valence-corrected chi connectivity index (χ4v) is 8.68. The highest BCUT2D eigenvalue weighted by molar-refractivity contribution is 5.68.